The molecule has 3 heterocycles. The highest BCUT2D eigenvalue weighted by Gasteiger charge is 2.18. The maximum atomic E-state index is 14.1. The van der Waals surface area contributed by atoms with Crippen molar-refractivity contribution in [2.24, 2.45) is 0 Å². The van der Waals surface area contributed by atoms with Gasteiger partial charge in [-0.3, -0.25) is 4.40 Å². The van der Waals surface area contributed by atoms with Gasteiger partial charge in [-0.2, -0.15) is 0 Å². The fraction of sp³-hybridized carbons (Fsp3) is 0.269. The number of imidazole rings is 1. The fourth-order valence-electron chi connectivity index (χ4n) is 4.46. The molecule has 164 valence electrons. The van der Waals surface area contributed by atoms with E-state index in [1.165, 1.54) is 36.7 Å². The Kier molecular flexibility index (Phi) is 5.29. The van der Waals surface area contributed by atoms with Crippen LogP contribution >= 0.6 is 0 Å². The van der Waals surface area contributed by atoms with Gasteiger partial charge in [0.05, 0.1) is 17.0 Å². The van der Waals surface area contributed by atoms with E-state index in [0.717, 1.165) is 35.6 Å². The van der Waals surface area contributed by atoms with Gasteiger partial charge in [-0.05, 0) is 62.6 Å². The van der Waals surface area contributed by atoms with E-state index in [2.05, 4.69) is 29.2 Å². The number of aryl methyl sites for hydroxylation is 2. The highest BCUT2D eigenvalue weighted by atomic mass is 19.1. The van der Waals surface area contributed by atoms with Crippen LogP contribution in [0.1, 0.15) is 29.7 Å². The van der Waals surface area contributed by atoms with Crippen molar-refractivity contribution in [3.05, 3.63) is 83.2 Å². The third kappa shape index (κ3) is 3.70. The Hall–Kier alpha value is -3.41. The van der Waals surface area contributed by atoms with Crippen molar-refractivity contribution in [2.45, 2.75) is 33.3 Å². The van der Waals surface area contributed by atoms with Crippen molar-refractivity contribution < 1.29 is 13.5 Å². The minimum Gasteiger partial charge on any atom is -0.485 e. The van der Waals surface area contributed by atoms with Gasteiger partial charge in [0, 0.05) is 30.5 Å². The van der Waals surface area contributed by atoms with Crippen molar-refractivity contribution in [1.82, 2.24) is 9.38 Å². The molecular weight excluding hydrogens is 408 g/mol. The minimum atomic E-state index is -0.618. The third-order valence-corrected chi connectivity index (χ3v) is 6.02. The zero-order chi connectivity index (χ0) is 22.2. The second-order valence-electron chi connectivity index (χ2n) is 8.35. The van der Waals surface area contributed by atoms with Gasteiger partial charge in [0.1, 0.15) is 18.2 Å². The number of pyridine rings is 1. The molecular formula is C26H25F2N3O. The Morgan fingerprint density at radius 3 is 2.44 bits per heavy atom. The molecule has 1 aliphatic heterocycles. The number of rotatable bonds is 5. The molecule has 0 atom stereocenters. The van der Waals surface area contributed by atoms with Crippen LogP contribution in [-0.2, 0) is 6.61 Å². The predicted octanol–water partition coefficient (Wildman–Crippen LogP) is 6.08. The first kappa shape index (κ1) is 20.5. The molecule has 1 saturated heterocycles. The number of hydrogen-bond acceptors (Lipinski definition) is 3. The molecule has 0 N–H and O–H groups in total. The monoisotopic (exact) mass is 433 g/mol. The largest absolute Gasteiger partial charge is 0.485 e. The summed E-state index contributed by atoms with van der Waals surface area (Å²) in [5, 5.41) is 0. The lowest BCUT2D eigenvalue weighted by Crippen LogP contribution is -2.17. The first-order valence-electron chi connectivity index (χ1n) is 10.9. The number of aromatic nitrogens is 2. The van der Waals surface area contributed by atoms with E-state index in [4.69, 9.17) is 9.72 Å². The normalized spacial score (nSPS) is 13.8. The lowest BCUT2D eigenvalue weighted by atomic mass is 10.1. The van der Waals surface area contributed by atoms with Crippen molar-refractivity contribution in [2.75, 3.05) is 18.0 Å². The SMILES string of the molecule is Cc1cc(OCc2c(F)cccc2F)c2nc(C)c(-c3cccc(N4CCCC4)c3)n2c1. The summed E-state index contributed by atoms with van der Waals surface area (Å²) in [7, 11) is 0. The second-order valence-corrected chi connectivity index (χ2v) is 8.35. The van der Waals surface area contributed by atoms with E-state index in [0.29, 0.717) is 11.4 Å². The summed E-state index contributed by atoms with van der Waals surface area (Å²) in [6.07, 6.45) is 4.46. The summed E-state index contributed by atoms with van der Waals surface area (Å²) in [5.74, 6) is -0.738. The van der Waals surface area contributed by atoms with Gasteiger partial charge >= 0.3 is 0 Å². The predicted molar refractivity (Wildman–Crippen MR) is 122 cm³/mol. The van der Waals surface area contributed by atoms with Crippen LogP contribution in [0.5, 0.6) is 5.75 Å². The summed E-state index contributed by atoms with van der Waals surface area (Å²) >= 11 is 0. The van der Waals surface area contributed by atoms with Crippen LogP contribution < -0.4 is 9.64 Å². The van der Waals surface area contributed by atoms with Crippen molar-refractivity contribution in [1.29, 1.82) is 0 Å². The Balaban J connectivity index is 1.54. The molecule has 0 amide bonds. The number of ether oxygens (including phenoxy) is 1. The molecule has 0 unspecified atom stereocenters. The Morgan fingerprint density at radius 1 is 0.969 bits per heavy atom. The molecule has 5 rings (SSSR count). The zero-order valence-corrected chi connectivity index (χ0v) is 18.2. The van der Waals surface area contributed by atoms with Crippen molar-refractivity contribution in [3.8, 4) is 17.0 Å². The maximum Gasteiger partial charge on any atom is 0.180 e. The van der Waals surface area contributed by atoms with E-state index >= 15 is 0 Å². The van der Waals surface area contributed by atoms with E-state index < -0.39 is 11.6 Å². The van der Waals surface area contributed by atoms with Gasteiger partial charge in [-0.15, -0.1) is 0 Å². The molecule has 2 aromatic carbocycles. The second kappa shape index (κ2) is 8.26. The number of hydrogen-bond donors (Lipinski definition) is 0. The van der Waals surface area contributed by atoms with Gasteiger partial charge in [0.2, 0.25) is 0 Å². The van der Waals surface area contributed by atoms with E-state index in [9.17, 15) is 8.78 Å². The molecule has 1 fully saturated rings. The smallest absolute Gasteiger partial charge is 0.180 e. The first-order valence-corrected chi connectivity index (χ1v) is 10.9. The lowest BCUT2D eigenvalue weighted by molar-refractivity contribution is 0.294. The maximum absolute atomic E-state index is 14.1. The van der Waals surface area contributed by atoms with Gasteiger partial charge in [0.15, 0.2) is 11.4 Å². The zero-order valence-electron chi connectivity index (χ0n) is 18.2. The summed E-state index contributed by atoms with van der Waals surface area (Å²) in [6, 6.07) is 14.2. The average Bonchev–Trinajstić information content (AvgIpc) is 3.41. The van der Waals surface area contributed by atoms with Gasteiger partial charge < -0.3 is 9.64 Å². The van der Waals surface area contributed by atoms with Crippen molar-refractivity contribution in [3.63, 3.8) is 0 Å². The van der Waals surface area contributed by atoms with Crippen LogP contribution in [0.3, 0.4) is 0 Å². The highest BCUT2D eigenvalue weighted by Crippen LogP contribution is 2.33. The van der Waals surface area contributed by atoms with Crippen LogP contribution in [-0.4, -0.2) is 22.5 Å². The summed E-state index contributed by atoms with van der Waals surface area (Å²) in [6.45, 7) is 5.90. The van der Waals surface area contributed by atoms with E-state index in [1.807, 2.05) is 30.5 Å². The number of nitrogens with zero attached hydrogens (tertiary/aromatic N) is 3. The van der Waals surface area contributed by atoms with E-state index in [1.54, 1.807) is 0 Å². The molecule has 32 heavy (non-hydrogen) atoms. The molecule has 1 aliphatic rings. The summed E-state index contributed by atoms with van der Waals surface area (Å²) in [5.41, 5.74) is 5.67. The van der Waals surface area contributed by atoms with Crippen LogP contribution in [0, 0.1) is 25.5 Å². The topological polar surface area (TPSA) is 29.8 Å². The summed E-state index contributed by atoms with van der Waals surface area (Å²) in [4.78, 5) is 7.16. The molecule has 4 aromatic rings. The molecule has 0 radical (unpaired) electrons. The summed E-state index contributed by atoms with van der Waals surface area (Å²) < 4.78 is 36.0. The van der Waals surface area contributed by atoms with Crippen LogP contribution in [0.25, 0.3) is 16.9 Å². The number of halogens is 2. The number of fused-ring (bicyclic) bond motifs is 1. The average molecular weight is 434 g/mol. The van der Waals surface area contributed by atoms with Crippen LogP contribution in [0.4, 0.5) is 14.5 Å². The Labute approximate surface area is 186 Å². The fourth-order valence-corrected chi connectivity index (χ4v) is 4.46. The van der Waals surface area contributed by atoms with Gasteiger partial charge in [-0.25, -0.2) is 13.8 Å². The molecule has 6 heteroatoms. The van der Waals surface area contributed by atoms with Crippen LogP contribution in [0.15, 0.2) is 54.7 Å². The molecule has 0 saturated carbocycles. The van der Waals surface area contributed by atoms with Gasteiger partial charge in [0.25, 0.3) is 0 Å². The first-order chi connectivity index (χ1) is 15.5. The third-order valence-electron chi connectivity index (χ3n) is 6.02. The number of anilines is 1. The lowest BCUT2D eigenvalue weighted by Gasteiger charge is -2.18. The number of benzene rings is 2. The van der Waals surface area contributed by atoms with Crippen LogP contribution in [0.2, 0.25) is 0 Å². The Morgan fingerprint density at radius 2 is 1.69 bits per heavy atom. The highest BCUT2D eigenvalue weighted by molar-refractivity contribution is 5.73. The molecule has 0 aliphatic carbocycles. The molecule has 2 aromatic heterocycles. The molecule has 0 bridgehead atoms. The standard InChI is InChI=1S/C26H25F2N3O/c1-17-13-24(32-16-21-22(27)9-6-10-23(21)28)26-29-18(2)25(31(26)15-17)19-7-5-8-20(14-19)30-11-3-4-12-30/h5-10,13-15H,3-4,11-12,16H2,1-2H3. The quantitative estimate of drug-likeness (QED) is 0.382. The Bertz CT molecular complexity index is 1270. The van der Waals surface area contributed by atoms with E-state index in [-0.39, 0.29) is 12.2 Å². The minimum absolute atomic E-state index is 0.0889. The van der Waals surface area contributed by atoms with Gasteiger partial charge in [-0.1, -0.05) is 18.2 Å². The molecule has 0 spiro atoms. The molecule has 4 nitrogen and oxygen atoms in total. The van der Waals surface area contributed by atoms with Crippen molar-refractivity contribution >= 4 is 11.3 Å².